The zero-order chi connectivity index (χ0) is 17.4. The number of carbonyl (C=O) groups excluding carboxylic acids is 2. The van der Waals surface area contributed by atoms with Crippen molar-refractivity contribution in [2.45, 2.75) is 63.6 Å². The third-order valence-electron chi connectivity index (χ3n) is 6.30. The number of hydrogen-bond donors (Lipinski definition) is 1. The molecule has 2 saturated carbocycles. The van der Waals surface area contributed by atoms with Gasteiger partial charge in [-0.15, -0.1) is 0 Å². The van der Waals surface area contributed by atoms with Crippen LogP contribution in [0.15, 0.2) is 22.8 Å². The summed E-state index contributed by atoms with van der Waals surface area (Å²) < 4.78 is 11.1. The van der Waals surface area contributed by atoms with Gasteiger partial charge in [-0.2, -0.15) is 0 Å². The van der Waals surface area contributed by atoms with Crippen molar-refractivity contribution < 1.29 is 18.7 Å². The Kier molecular flexibility index (Phi) is 4.31. The van der Waals surface area contributed by atoms with E-state index in [2.05, 4.69) is 5.32 Å². The monoisotopic (exact) mass is 346 g/mol. The third-order valence-corrected chi connectivity index (χ3v) is 6.30. The van der Waals surface area contributed by atoms with E-state index in [-0.39, 0.29) is 35.4 Å². The van der Waals surface area contributed by atoms with E-state index in [0.717, 1.165) is 32.3 Å². The van der Waals surface area contributed by atoms with E-state index in [0.29, 0.717) is 18.7 Å². The molecule has 0 bridgehead atoms. The van der Waals surface area contributed by atoms with Gasteiger partial charge in [0, 0.05) is 24.6 Å². The van der Waals surface area contributed by atoms with Gasteiger partial charge in [-0.3, -0.25) is 9.59 Å². The van der Waals surface area contributed by atoms with E-state index in [9.17, 15) is 9.59 Å². The minimum atomic E-state index is -0.388. The SMILES string of the molecule is CCO[C@@H]1C[C@@H](NC(=O)[C@H]2CCCN2C(=O)c2ccco2)C12CCC2. The molecule has 136 valence electrons. The zero-order valence-electron chi connectivity index (χ0n) is 14.7. The maximum Gasteiger partial charge on any atom is 0.290 e. The summed E-state index contributed by atoms with van der Waals surface area (Å²) in [5, 5.41) is 3.23. The van der Waals surface area contributed by atoms with Gasteiger partial charge in [0.05, 0.1) is 12.4 Å². The van der Waals surface area contributed by atoms with Crippen LogP contribution in [0.5, 0.6) is 0 Å². The number of nitrogens with one attached hydrogen (secondary N) is 1. The lowest BCUT2D eigenvalue weighted by molar-refractivity contribution is -0.176. The van der Waals surface area contributed by atoms with E-state index in [1.54, 1.807) is 17.0 Å². The predicted molar refractivity (Wildman–Crippen MR) is 91.0 cm³/mol. The van der Waals surface area contributed by atoms with Crippen molar-refractivity contribution in [3.8, 4) is 0 Å². The Hall–Kier alpha value is -1.82. The lowest BCUT2D eigenvalue weighted by Crippen LogP contribution is -2.68. The molecule has 1 aromatic heterocycles. The molecule has 0 aromatic carbocycles. The number of amides is 2. The summed E-state index contributed by atoms with van der Waals surface area (Å²) >= 11 is 0. The minimum absolute atomic E-state index is 0.0244. The van der Waals surface area contributed by atoms with Crippen LogP contribution >= 0.6 is 0 Å². The molecule has 3 fully saturated rings. The molecule has 0 radical (unpaired) electrons. The lowest BCUT2D eigenvalue weighted by Gasteiger charge is -2.61. The molecule has 1 N–H and O–H groups in total. The fourth-order valence-electron chi connectivity index (χ4n) is 4.73. The van der Waals surface area contributed by atoms with Crippen LogP contribution in [0.4, 0.5) is 0 Å². The van der Waals surface area contributed by atoms with Gasteiger partial charge < -0.3 is 19.4 Å². The second-order valence-corrected chi connectivity index (χ2v) is 7.46. The van der Waals surface area contributed by atoms with Gasteiger partial charge in [0.1, 0.15) is 6.04 Å². The van der Waals surface area contributed by atoms with E-state index < -0.39 is 0 Å². The molecule has 2 amide bonds. The van der Waals surface area contributed by atoms with E-state index in [1.165, 1.54) is 12.7 Å². The van der Waals surface area contributed by atoms with E-state index in [1.807, 2.05) is 6.92 Å². The number of ether oxygens (including phenoxy) is 1. The third kappa shape index (κ3) is 2.67. The predicted octanol–water partition coefficient (Wildman–Crippen LogP) is 2.35. The Labute approximate surface area is 147 Å². The van der Waals surface area contributed by atoms with Crippen molar-refractivity contribution in [1.82, 2.24) is 10.2 Å². The molecule has 3 atom stereocenters. The molecule has 6 nitrogen and oxygen atoms in total. The van der Waals surface area contributed by atoms with Crippen LogP contribution in [0.2, 0.25) is 0 Å². The van der Waals surface area contributed by atoms with Crippen molar-refractivity contribution in [3.05, 3.63) is 24.2 Å². The number of nitrogens with zero attached hydrogens (tertiary/aromatic N) is 1. The number of hydrogen-bond acceptors (Lipinski definition) is 4. The van der Waals surface area contributed by atoms with Gasteiger partial charge in [-0.05, 0) is 51.2 Å². The molecular formula is C19H26N2O4. The average molecular weight is 346 g/mol. The number of likely N-dealkylation sites (tertiary alicyclic amines) is 1. The maximum atomic E-state index is 12.8. The molecule has 2 heterocycles. The second kappa shape index (κ2) is 6.48. The van der Waals surface area contributed by atoms with Crippen molar-refractivity contribution in [2.75, 3.05) is 13.2 Å². The fraction of sp³-hybridized carbons (Fsp3) is 0.684. The molecule has 25 heavy (non-hydrogen) atoms. The van der Waals surface area contributed by atoms with Crippen LogP contribution in [0, 0.1) is 5.41 Å². The van der Waals surface area contributed by atoms with E-state index in [4.69, 9.17) is 9.15 Å². The lowest BCUT2D eigenvalue weighted by atomic mass is 9.51. The van der Waals surface area contributed by atoms with Gasteiger partial charge in [0.2, 0.25) is 5.91 Å². The van der Waals surface area contributed by atoms with Crippen LogP contribution in [0.3, 0.4) is 0 Å². The van der Waals surface area contributed by atoms with Crippen LogP contribution in [0.1, 0.15) is 56.0 Å². The van der Waals surface area contributed by atoms with Gasteiger partial charge in [0.15, 0.2) is 5.76 Å². The molecule has 0 unspecified atom stereocenters. The average Bonchev–Trinajstić information content (AvgIpc) is 3.22. The molecule has 2 aliphatic carbocycles. The maximum absolute atomic E-state index is 12.8. The Morgan fingerprint density at radius 2 is 2.24 bits per heavy atom. The largest absolute Gasteiger partial charge is 0.459 e. The number of rotatable bonds is 5. The van der Waals surface area contributed by atoms with Crippen LogP contribution in [0.25, 0.3) is 0 Å². The molecule has 1 aromatic rings. The summed E-state index contributed by atoms with van der Waals surface area (Å²) in [5.41, 5.74) is 0.139. The van der Waals surface area contributed by atoms with Crippen molar-refractivity contribution in [3.63, 3.8) is 0 Å². The molecule has 6 heteroatoms. The first-order chi connectivity index (χ1) is 12.2. The Morgan fingerprint density at radius 1 is 1.40 bits per heavy atom. The highest BCUT2D eigenvalue weighted by Gasteiger charge is 2.59. The quantitative estimate of drug-likeness (QED) is 0.888. The smallest absolute Gasteiger partial charge is 0.290 e. The Morgan fingerprint density at radius 3 is 2.88 bits per heavy atom. The molecule has 3 aliphatic rings. The first-order valence-corrected chi connectivity index (χ1v) is 9.42. The van der Waals surface area contributed by atoms with Crippen molar-refractivity contribution in [1.29, 1.82) is 0 Å². The summed E-state index contributed by atoms with van der Waals surface area (Å²) in [7, 11) is 0. The molecule has 1 saturated heterocycles. The van der Waals surface area contributed by atoms with Gasteiger partial charge in [0.25, 0.3) is 5.91 Å². The summed E-state index contributed by atoms with van der Waals surface area (Å²) in [4.78, 5) is 27.1. The summed E-state index contributed by atoms with van der Waals surface area (Å²) in [6.07, 6.45) is 7.68. The minimum Gasteiger partial charge on any atom is -0.459 e. The highest BCUT2D eigenvalue weighted by molar-refractivity contribution is 5.96. The Bertz CT molecular complexity index is 638. The van der Waals surface area contributed by atoms with Crippen molar-refractivity contribution in [2.24, 2.45) is 5.41 Å². The number of furan rings is 1. The summed E-state index contributed by atoms with van der Waals surface area (Å²) in [6, 6.07) is 3.14. The van der Waals surface area contributed by atoms with Crippen LogP contribution < -0.4 is 5.32 Å². The van der Waals surface area contributed by atoms with Gasteiger partial charge in [-0.1, -0.05) is 6.42 Å². The highest BCUT2D eigenvalue weighted by Crippen LogP contribution is 2.57. The fourth-order valence-corrected chi connectivity index (χ4v) is 4.73. The second-order valence-electron chi connectivity index (χ2n) is 7.46. The first-order valence-electron chi connectivity index (χ1n) is 9.42. The molecule has 1 spiro atoms. The van der Waals surface area contributed by atoms with E-state index >= 15 is 0 Å². The normalized spacial score (nSPS) is 30.0. The number of carbonyl (C=O) groups is 2. The highest BCUT2D eigenvalue weighted by atomic mass is 16.5. The molecular weight excluding hydrogens is 320 g/mol. The van der Waals surface area contributed by atoms with Crippen molar-refractivity contribution >= 4 is 11.8 Å². The topological polar surface area (TPSA) is 71.8 Å². The van der Waals surface area contributed by atoms with Gasteiger partial charge in [-0.25, -0.2) is 0 Å². The summed E-state index contributed by atoms with van der Waals surface area (Å²) in [6.45, 7) is 3.35. The standard InChI is InChI=1S/C19H26N2O4/c1-2-24-16-12-15(19(16)8-5-9-19)20-17(22)13-6-3-10-21(13)18(23)14-7-4-11-25-14/h4,7,11,13,15-16H,2-3,5-6,8-10,12H2,1H3,(H,20,22)/t13-,15-,16-/m1/s1. The first kappa shape index (κ1) is 16.6. The zero-order valence-corrected chi connectivity index (χ0v) is 14.7. The Balaban J connectivity index is 1.40. The van der Waals surface area contributed by atoms with Gasteiger partial charge >= 0.3 is 0 Å². The molecule has 1 aliphatic heterocycles. The molecule has 4 rings (SSSR count). The van der Waals surface area contributed by atoms with Crippen LogP contribution in [-0.2, 0) is 9.53 Å². The van der Waals surface area contributed by atoms with Crippen LogP contribution in [-0.4, -0.2) is 48.1 Å². The summed E-state index contributed by atoms with van der Waals surface area (Å²) in [5.74, 6) is 0.0839.